The first kappa shape index (κ1) is 21.1. The van der Waals surface area contributed by atoms with Crippen LogP contribution in [0.5, 0.6) is 0 Å². The zero-order chi connectivity index (χ0) is 22.8. The molecule has 2 heterocycles. The predicted octanol–water partition coefficient (Wildman–Crippen LogP) is 4.86. The number of carbonyl (C=O) groups excluding carboxylic acids is 1. The van der Waals surface area contributed by atoms with E-state index in [-0.39, 0.29) is 5.56 Å². The fourth-order valence-electron chi connectivity index (χ4n) is 3.07. The van der Waals surface area contributed by atoms with Crippen molar-refractivity contribution in [3.05, 3.63) is 88.7 Å². The van der Waals surface area contributed by atoms with Gasteiger partial charge in [0.15, 0.2) is 23.3 Å². The van der Waals surface area contributed by atoms with Crippen LogP contribution >= 0.6 is 0 Å². The van der Waals surface area contributed by atoms with E-state index in [4.69, 9.17) is 0 Å². The van der Waals surface area contributed by atoms with Gasteiger partial charge in [-0.25, -0.2) is 13.5 Å². The van der Waals surface area contributed by atoms with Crippen molar-refractivity contribution >= 4 is 23.1 Å². The molecule has 0 spiro atoms. The van der Waals surface area contributed by atoms with Gasteiger partial charge in [0.05, 0.1) is 5.69 Å². The van der Waals surface area contributed by atoms with Gasteiger partial charge in [-0.05, 0) is 80.9 Å². The summed E-state index contributed by atoms with van der Waals surface area (Å²) in [7, 11) is 0. The molecule has 2 aromatic heterocycles. The number of amides is 1. The third-order valence-corrected chi connectivity index (χ3v) is 5.12. The number of hydrogen-bond donors (Lipinski definition) is 2. The molecule has 0 radical (unpaired) electrons. The molecule has 2 aromatic carbocycles. The molecular formula is C23H20F2N6O. The number of aromatic nitrogens is 4. The van der Waals surface area contributed by atoms with E-state index in [1.807, 2.05) is 26.8 Å². The van der Waals surface area contributed by atoms with Gasteiger partial charge in [-0.3, -0.25) is 4.79 Å². The fourth-order valence-corrected chi connectivity index (χ4v) is 3.07. The molecule has 4 aromatic rings. The largest absolute Gasteiger partial charge is 0.339 e. The third-order valence-electron chi connectivity index (χ3n) is 5.12. The number of hydrogen-bond acceptors (Lipinski definition) is 5. The molecule has 0 aliphatic rings. The first-order chi connectivity index (χ1) is 15.3. The van der Waals surface area contributed by atoms with Crippen LogP contribution in [0.15, 0.2) is 54.6 Å². The molecule has 0 atom stereocenters. The Bertz CT molecular complexity index is 1280. The first-order valence-corrected chi connectivity index (χ1v) is 9.82. The zero-order valence-electron chi connectivity index (χ0n) is 17.6. The van der Waals surface area contributed by atoms with E-state index in [1.165, 1.54) is 6.07 Å². The first-order valence-electron chi connectivity index (χ1n) is 9.82. The standard InChI is InChI=1S/C23H20F2N6O/c1-13-14(2)30-31(15(13)3)22-11-10-21(28-29-22)26-17-5-7-18(8-6-17)27-23(32)16-4-9-19(24)20(25)12-16/h4-12H,1-3H3,(H,26,28)(H,27,32). The third kappa shape index (κ3) is 4.31. The highest BCUT2D eigenvalue weighted by atomic mass is 19.2. The van der Waals surface area contributed by atoms with Crippen LogP contribution in [0.1, 0.15) is 27.3 Å². The number of anilines is 3. The Hall–Kier alpha value is -4.14. The zero-order valence-corrected chi connectivity index (χ0v) is 17.6. The van der Waals surface area contributed by atoms with Gasteiger partial charge in [0.1, 0.15) is 0 Å². The highest BCUT2D eigenvalue weighted by Gasteiger charge is 2.11. The van der Waals surface area contributed by atoms with Crippen LogP contribution in [0, 0.1) is 32.4 Å². The molecule has 2 N–H and O–H groups in total. The second-order valence-corrected chi connectivity index (χ2v) is 7.27. The van der Waals surface area contributed by atoms with Gasteiger partial charge in [-0.1, -0.05) is 0 Å². The van der Waals surface area contributed by atoms with E-state index in [1.54, 1.807) is 35.0 Å². The van der Waals surface area contributed by atoms with Crippen molar-refractivity contribution in [1.29, 1.82) is 0 Å². The van der Waals surface area contributed by atoms with Gasteiger partial charge < -0.3 is 10.6 Å². The Kier molecular flexibility index (Phi) is 5.63. The van der Waals surface area contributed by atoms with Crippen LogP contribution in [-0.4, -0.2) is 25.9 Å². The molecule has 7 nitrogen and oxygen atoms in total. The van der Waals surface area contributed by atoms with E-state index in [0.29, 0.717) is 17.3 Å². The monoisotopic (exact) mass is 434 g/mol. The van der Waals surface area contributed by atoms with Crippen molar-refractivity contribution in [2.75, 3.05) is 10.6 Å². The Morgan fingerprint density at radius 3 is 2.19 bits per heavy atom. The summed E-state index contributed by atoms with van der Waals surface area (Å²) in [5, 5.41) is 18.7. The van der Waals surface area contributed by atoms with Gasteiger partial charge in [-0.15, -0.1) is 10.2 Å². The molecule has 0 fully saturated rings. The van der Waals surface area contributed by atoms with Crippen LogP contribution in [0.2, 0.25) is 0 Å². The van der Waals surface area contributed by atoms with Gasteiger partial charge in [0.25, 0.3) is 5.91 Å². The van der Waals surface area contributed by atoms with Crippen molar-refractivity contribution in [3.8, 4) is 5.82 Å². The number of rotatable bonds is 5. The van der Waals surface area contributed by atoms with Crippen molar-refractivity contribution in [1.82, 2.24) is 20.0 Å². The highest BCUT2D eigenvalue weighted by Crippen LogP contribution is 2.20. The minimum atomic E-state index is -1.07. The number of aryl methyl sites for hydroxylation is 1. The Morgan fingerprint density at radius 2 is 1.59 bits per heavy atom. The van der Waals surface area contributed by atoms with E-state index >= 15 is 0 Å². The number of halogens is 2. The highest BCUT2D eigenvalue weighted by molar-refractivity contribution is 6.04. The molecule has 0 aliphatic heterocycles. The van der Waals surface area contributed by atoms with Crippen molar-refractivity contribution in [3.63, 3.8) is 0 Å². The van der Waals surface area contributed by atoms with Crippen molar-refractivity contribution < 1.29 is 13.6 Å². The van der Waals surface area contributed by atoms with Crippen LogP contribution in [0.3, 0.4) is 0 Å². The summed E-state index contributed by atoms with van der Waals surface area (Å²) in [4.78, 5) is 12.2. The summed E-state index contributed by atoms with van der Waals surface area (Å²) in [5.74, 6) is -1.44. The molecule has 162 valence electrons. The Labute approximate surface area is 183 Å². The SMILES string of the molecule is Cc1nn(-c2ccc(Nc3ccc(NC(=O)c4ccc(F)c(F)c4)cc3)nn2)c(C)c1C. The summed E-state index contributed by atoms with van der Waals surface area (Å²) in [6.45, 7) is 5.95. The minimum Gasteiger partial charge on any atom is -0.339 e. The van der Waals surface area contributed by atoms with Gasteiger partial charge >= 0.3 is 0 Å². The van der Waals surface area contributed by atoms with E-state index in [9.17, 15) is 13.6 Å². The number of nitrogens with zero attached hydrogens (tertiary/aromatic N) is 4. The topological polar surface area (TPSA) is 84.7 Å². The second kappa shape index (κ2) is 8.54. The maximum Gasteiger partial charge on any atom is 0.255 e. The lowest BCUT2D eigenvalue weighted by atomic mass is 10.2. The summed E-state index contributed by atoms with van der Waals surface area (Å²) >= 11 is 0. The number of nitrogens with one attached hydrogen (secondary N) is 2. The normalized spacial score (nSPS) is 10.8. The molecule has 0 unspecified atom stereocenters. The number of benzene rings is 2. The van der Waals surface area contributed by atoms with E-state index < -0.39 is 17.5 Å². The summed E-state index contributed by atoms with van der Waals surface area (Å²) in [6.07, 6.45) is 0. The lowest BCUT2D eigenvalue weighted by Crippen LogP contribution is -2.12. The molecule has 32 heavy (non-hydrogen) atoms. The van der Waals surface area contributed by atoms with Gasteiger partial charge in [-0.2, -0.15) is 5.10 Å². The summed E-state index contributed by atoms with van der Waals surface area (Å²) in [5.41, 5.74) is 4.35. The van der Waals surface area contributed by atoms with Crippen LogP contribution in [0.4, 0.5) is 26.0 Å². The van der Waals surface area contributed by atoms with Gasteiger partial charge in [0, 0.05) is 22.6 Å². The summed E-state index contributed by atoms with van der Waals surface area (Å²) in [6, 6.07) is 13.5. The van der Waals surface area contributed by atoms with E-state index in [0.717, 1.165) is 34.8 Å². The molecule has 0 bridgehead atoms. The second-order valence-electron chi connectivity index (χ2n) is 7.27. The Morgan fingerprint density at radius 1 is 0.875 bits per heavy atom. The lowest BCUT2D eigenvalue weighted by molar-refractivity contribution is 0.102. The Balaban J connectivity index is 1.41. The van der Waals surface area contributed by atoms with Crippen LogP contribution in [0.25, 0.3) is 5.82 Å². The predicted molar refractivity (Wildman–Crippen MR) is 117 cm³/mol. The quantitative estimate of drug-likeness (QED) is 0.469. The maximum atomic E-state index is 13.3. The smallest absolute Gasteiger partial charge is 0.255 e. The summed E-state index contributed by atoms with van der Waals surface area (Å²) < 4.78 is 28.1. The minimum absolute atomic E-state index is 0.0271. The fraction of sp³-hybridized carbons (Fsp3) is 0.130. The average Bonchev–Trinajstić information content (AvgIpc) is 3.05. The molecule has 0 saturated heterocycles. The molecule has 0 aliphatic carbocycles. The van der Waals surface area contributed by atoms with Gasteiger partial charge in [0.2, 0.25) is 0 Å². The van der Waals surface area contributed by atoms with Crippen LogP contribution < -0.4 is 10.6 Å². The molecular weight excluding hydrogens is 414 g/mol. The molecule has 0 saturated carbocycles. The van der Waals surface area contributed by atoms with E-state index in [2.05, 4.69) is 25.9 Å². The van der Waals surface area contributed by atoms with Crippen molar-refractivity contribution in [2.24, 2.45) is 0 Å². The molecule has 1 amide bonds. The average molecular weight is 434 g/mol. The van der Waals surface area contributed by atoms with Crippen LogP contribution in [-0.2, 0) is 0 Å². The van der Waals surface area contributed by atoms with Crippen molar-refractivity contribution in [2.45, 2.75) is 20.8 Å². The molecule has 9 heteroatoms. The number of carbonyl (C=O) groups is 1. The lowest BCUT2D eigenvalue weighted by Gasteiger charge is -2.09. The molecule has 4 rings (SSSR count). The maximum absolute atomic E-state index is 13.3.